The molecule has 0 aliphatic carbocycles. The van der Waals surface area contributed by atoms with Gasteiger partial charge in [-0.3, -0.25) is 4.90 Å². The maximum atomic E-state index is 13.9. The Bertz CT molecular complexity index is 1520. The Kier molecular flexibility index (Phi) is 7.85. The average molecular weight is 590 g/mol. The highest BCUT2D eigenvalue weighted by molar-refractivity contribution is 5.85. The molecule has 2 fully saturated rings. The van der Waals surface area contributed by atoms with Gasteiger partial charge in [0.1, 0.15) is 11.2 Å². The standard InChI is InChI=1S/C33H43N5O5/c1-20-14-34-30-26(20)13-25(15-35-30)24-11-23-7-8-36(31(39)38-21(2)17-42-18-22(38)3)16-28(23)27(12-24)29-19-41-10-9-37(29)32(40)43-33(4,5)6/h11-15,21-22,29H,7-10,16-19H2,1-6H3,(H,34,35)/t21?,22?,29-/m0/s1. The number of nitrogens with one attached hydrogen (secondary N) is 1. The van der Waals surface area contributed by atoms with Gasteiger partial charge in [0, 0.05) is 43.0 Å². The number of urea groups is 1. The molecule has 2 aromatic heterocycles. The minimum atomic E-state index is -0.620. The molecule has 3 aliphatic heterocycles. The van der Waals surface area contributed by atoms with Crippen LogP contribution in [-0.4, -0.2) is 94.0 Å². The number of carbonyl (C=O) groups excluding carboxylic acids is 2. The molecule has 0 bridgehead atoms. The van der Waals surface area contributed by atoms with E-state index in [0.717, 1.165) is 38.9 Å². The summed E-state index contributed by atoms with van der Waals surface area (Å²) in [6.45, 7) is 15.2. The Balaban J connectivity index is 1.42. The van der Waals surface area contributed by atoms with Crippen LogP contribution >= 0.6 is 0 Å². The maximum absolute atomic E-state index is 13.9. The molecule has 10 heteroatoms. The molecule has 3 aliphatic rings. The predicted molar refractivity (Wildman–Crippen MR) is 164 cm³/mol. The average Bonchev–Trinajstić information content (AvgIpc) is 3.35. The fraction of sp³-hybridized carbons (Fsp3) is 0.545. The number of aryl methyl sites for hydroxylation is 1. The van der Waals surface area contributed by atoms with Crippen LogP contribution in [0.1, 0.15) is 62.9 Å². The van der Waals surface area contributed by atoms with Crippen LogP contribution in [0.4, 0.5) is 9.59 Å². The van der Waals surface area contributed by atoms with Crippen molar-refractivity contribution in [2.24, 2.45) is 0 Å². The Morgan fingerprint density at radius 1 is 1.02 bits per heavy atom. The van der Waals surface area contributed by atoms with Crippen molar-refractivity contribution in [2.75, 3.05) is 39.5 Å². The number of aromatic amines is 1. The zero-order valence-corrected chi connectivity index (χ0v) is 26.1. The first-order valence-electron chi connectivity index (χ1n) is 15.3. The van der Waals surface area contributed by atoms with E-state index in [0.29, 0.717) is 52.5 Å². The lowest BCUT2D eigenvalue weighted by atomic mass is 9.87. The summed E-state index contributed by atoms with van der Waals surface area (Å²) in [7, 11) is 0. The first-order chi connectivity index (χ1) is 20.5. The Morgan fingerprint density at radius 3 is 2.53 bits per heavy atom. The van der Waals surface area contributed by atoms with Crippen LogP contribution in [0, 0.1) is 6.92 Å². The normalized spacial score (nSPS) is 22.9. The maximum Gasteiger partial charge on any atom is 0.410 e. The second-order valence-corrected chi connectivity index (χ2v) is 13.2. The summed E-state index contributed by atoms with van der Waals surface area (Å²) in [6.07, 6.45) is 4.23. The molecule has 6 rings (SSSR count). The molecular formula is C33H43N5O5. The number of nitrogens with zero attached hydrogens (tertiary/aromatic N) is 4. The van der Waals surface area contributed by atoms with Gasteiger partial charge in [-0.15, -0.1) is 0 Å². The second kappa shape index (κ2) is 11.5. The van der Waals surface area contributed by atoms with Crippen molar-refractivity contribution in [3.05, 3.63) is 52.8 Å². The van der Waals surface area contributed by atoms with Gasteiger partial charge < -0.3 is 29.0 Å². The fourth-order valence-corrected chi connectivity index (χ4v) is 6.56. The molecule has 3 atom stereocenters. The van der Waals surface area contributed by atoms with Gasteiger partial charge in [-0.05, 0) is 87.9 Å². The number of ether oxygens (including phenoxy) is 3. The van der Waals surface area contributed by atoms with Gasteiger partial charge in [0.25, 0.3) is 0 Å². The van der Waals surface area contributed by atoms with Crippen molar-refractivity contribution < 1.29 is 23.8 Å². The van der Waals surface area contributed by atoms with Crippen LogP contribution in [0.5, 0.6) is 0 Å². The quantitative estimate of drug-likeness (QED) is 0.428. The number of pyridine rings is 1. The second-order valence-electron chi connectivity index (χ2n) is 13.2. The summed E-state index contributed by atoms with van der Waals surface area (Å²) in [4.78, 5) is 41.0. The third-order valence-electron chi connectivity index (χ3n) is 8.72. The summed E-state index contributed by atoms with van der Waals surface area (Å²) >= 11 is 0. The third-order valence-corrected chi connectivity index (χ3v) is 8.72. The summed E-state index contributed by atoms with van der Waals surface area (Å²) in [5, 5.41) is 1.08. The van der Waals surface area contributed by atoms with Gasteiger partial charge in [0.2, 0.25) is 0 Å². The van der Waals surface area contributed by atoms with Crippen LogP contribution in [0.25, 0.3) is 22.2 Å². The molecule has 230 valence electrons. The fourth-order valence-electron chi connectivity index (χ4n) is 6.56. The van der Waals surface area contributed by atoms with Crippen molar-refractivity contribution in [3.63, 3.8) is 0 Å². The molecule has 3 amide bonds. The number of aromatic nitrogens is 2. The number of morpholine rings is 2. The first kappa shape index (κ1) is 29.4. The molecular weight excluding hydrogens is 546 g/mol. The van der Waals surface area contributed by atoms with E-state index < -0.39 is 5.60 Å². The smallest absolute Gasteiger partial charge is 0.410 e. The number of H-pyrrole nitrogens is 1. The van der Waals surface area contributed by atoms with Gasteiger partial charge >= 0.3 is 12.1 Å². The highest BCUT2D eigenvalue weighted by Crippen LogP contribution is 2.38. The molecule has 1 N–H and O–H groups in total. The van der Waals surface area contributed by atoms with Gasteiger partial charge in [0.15, 0.2) is 0 Å². The van der Waals surface area contributed by atoms with Crippen LogP contribution in [0.15, 0.2) is 30.6 Å². The van der Waals surface area contributed by atoms with E-state index >= 15 is 0 Å². The first-order valence-corrected chi connectivity index (χ1v) is 15.3. The zero-order valence-electron chi connectivity index (χ0n) is 26.1. The van der Waals surface area contributed by atoms with Gasteiger partial charge in [-0.25, -0.2) is 14.6 Å². The van der Waals surface area contributed by atoms with Crippen molar-refractivity contribution in [2.45, 2.75) is 78.2 Å². The van der Waals surface area contributed by atoms with E-state index in [-0.39, 0.29) is 30.2 Å². The number of rotatable bonds is 2. The molecule has 0 saturated carbocycles. The third kappa shape index (κ3) is 5.82. The highest BCUT2D eigenvalue weighted by atomic mass is 16.6. The highest BCUT2D eigenvalue weighted by Gasteiger charge is 2.38. The Labute approximate surface area is 253 Å². The molecule has 43 heavy (non-hydrogen) atoms. The van der Waals surface area contributed by atoms with Crippen LogP contribution in [0.2, 0.25) is 0 Å². The van der Waals surface area contributed by atoms with Gasteiger partial charge in [-0.2, -0.15) is 0 Å². The van der Waals surface area contributed by atoms with Crippen molar-refractivity contribution >= 4 is 23.2 Å². The van der Waals surface area contributed by atoms with E-state index in [1.807, 2.05) is 56.8 Å². The number of hydrogen-bond donors (Lipinski definition) is 1. The number of fused-ring (bicyclic) bond motifs is 2. The minimum absolute atomic E-state index is 0.00760. The summed E-state index contributed by atoms with van der Waals surface area (Å²) in [6, 6.07) is 6.26. The number of carbonyl (C=O) groups is 2. The van der Waals surface area contributed by atoms with Gasteiger partial charge in [-0.1, -0.05) is 6.07 Å². The molecule has 5 heterocycles. The molecule has 3 aromatic rings. The predicted octanol–water partition coefficient (Wildman–Crippen LogP) is 5.43. The lowest BCUT2D eigenvalue weighted by molar-refractivity contribution is -0.0337. The molecule has 2 unspecified atom stereocenters. The van der Waals surface area contributed by atoms with Crippen molar-refractivity contribution in [3.8, 4) is 11.1 Å². The molecule has 2 saturated heterocycles. The van der Waals surface area contributed by atoms with E-state index in [9.17, 15) is 9.59 Å². The Morgan fingerprint density at radius 2 is 1.79 bits per heavy atom. The summed E-state index contributed by atoms with van der Waals surface area (Å²) in [5.74, 6) is 0. The minimum Gasteiger partial charge on any atom is -0.444 e. The van der Waals surface area contributed by atoms with Crippen molar-refractivity contribution in [1.82, 2.24) is 24.7 Å². The van der Waals surface area contributed by atoms with Crippen molar-refractivity contribution in [1.29, 1.82) is 0 Å². The molecule has 0 spiro atoms. The molecule has 0 radical (unpaired) electrons. The SMILES string of the molecule is Cc1c[nH]c2ncc(-c3cc4c(c([C@@H]5COCCN5C(=O)OC(C)(C)C)c3)CN(C(=O)N3C(C)COCC3C)CC4)cc12. The number of amides is 3. The topological polar surface area (TPSA) is 100 Å². The molecule has 1 aromatic carbocycles. The number of hydrogen-bond acceptors (Lipinski definition) is 6. The monoisotopic (exact) mass is 589 g/mol. The Hall–Kier alpha value is -3.63. The summed E-state index contributed by atoms with van der Waals surface area (Å²) < 4.78 is 17.5. The number of benzene rings is 1. The lowest BCUT2D eigenvalue weighted by Gasteiger charge is -2.43. The van der Waals surface area contributed by atoms with E-state index in [4.69, 9.17) is 14.2 Å². The van der Waals surface area contributed by atoms with E-state index in [1.165, 1.54) is 5.56 Å². The van der Waals surface area contributed by atoms with Gasteiger partial charge in [0.05, 0.1) is 44.6 Å². The van der Waals surface area contributed by atoms with E-state index in [2.05, 4.69) is 35.1 Å². The van der Waals surface area contributed by atoms with Crippen LogP contribution < -0.4 is 0 Å². The van der Waals surface area contributed by atoms with Crippen LogP contribution in [-0.2, 0) is 27.2 Å². The summed E-state index contributed by atoms with van der Waals surface area (Å²) in [5.41, 5.74) is 6.67. The lowest BCUT2D eigenvalue weighted by Crippen LogP contribution is -2.57. The van der Waals surface area contributed by atoms with E-state index in [1.54, 1.807) is 4.90 Å². The largest absolute Gasteiger partial charge is 0.444 e. The van der Waals surface area contributed by atoms with Crippen LogP contribution in [0.3, 0.4) is 0 Å². The zero-order chi connectivity index (χ0) is 30.5. The molecule has 10 nitrogen and oxygen atoms in total.